The molecule has 1 aliphatic rings. The summed E-state index contributed by atoms with van der Waals surface area (Å²) in [5, 5.41) is 3.34. The zero-order valence-electron chi connectivity index (χ0n) is 12.2. The van der Waals surface area contributed by atoms with Gasteiger partial charge in [0, 0.05) is 32.7 Å². The van der Waals surface area contributed by atoms with Crippen LogP contribution in [0.1, 0.15) is 5.56 Å². The van der Waals surface area contributed by atoms with Crippen LogP contribution in [-0.2, 0) is 11.3 Å². The molecule has 4 nitrogen and oxygen atoms in total. The summed E-state index contributed by atoms with van der Waals surface area (Å²) in [5.74, 6) is -0.451. The number of piperazine rings is 1. The second-order valence-corrected chi connectivity index (χ2v) is 5.89. The summed E-state index contributed by atoms with van der Waals surface area (Å²) in [6, 6.07) is 2.88. The highest BCUT2D eigenvalue weighted by atomic mass is 35.5. The van der Waals surface area contributed by atoms with E-state index < -0.39 is 5.82 Å². The molecule has 0 radical (unpaired) electrons. The molecular formula is C14H19Cl3FN3O. The number of rotatable bonds is 4. The van der Waals surface area contributed by atoms with E-state index in [4.69, 9.17) is 23.2 Å². The maximum Gasteiger partial charge on any atom is 0.236 e. The molecule has 0 aliphatic carbocycles. The average Bonchev–Trinajstić information content (AvgIpc) is 2.49. The highest BCUT2D eigenvalue weighted by molar-refractivity contribution is 6.42. The van der Waals surface area contributed by atoms with Crippen LogP contribution in [-0.4, -0.2) is 55.5 Å². The first-order valence-corrected chi connectivity index (χ1v) is 7.54. The Morgan fingerprint density at radius 3 is 2.59 bits per heavy atom. The van der Waals surface area contributed by atoms with Crippen LogP contribution in [0.3, 0.4) is 0 Å². The number of benzene rings is 1. The molecule has 1 fully saturated rings. The van der Waals surface area contributed by atoms with Crippen LogP contribution in [0.2, 0.25) is 10.0 Å². The van der Waals surface area contributed by atoms with Crippen LogP contribution in [0.15, 0.2) is 12.1 Å². The van der Waals surface area contributed by atoms with E-state index in [1.54, 1.807) is 6.07 Å². The molecule has 1 amide bonds. The van der Waals surface area contributed by atoms with Crippen molar-refractivity contribution < 1.29 is 9.18 Å². The largest absolute Gasteiger partial charge is 0.339 e. The molecule has 2 rings (SSSR count). The molecule has 0 unspecified atom stereocenters. The van der Waals surface area contributed by atoms with Crippen molar-refractivity contribution in [3.05, 3.63) is 33.6 Å². The molecule has 0 saturated carbocycles. The van der Waals surface area contributed by atoms with Crippen LogP contribution < -0.4 is 5.32 Å². The fourth-order valence-corrected chi connectivity index (χ4v) is 2.68. The molecule has 8 heteroatoms. The van der Waals surface area contributed by atoms with Gasteiger partial charge in [-0.2, -0.15) is 0 Å². The molecule has 0 spiro atoms. The zero-order chi connectivity index (χ0) is 15.4. The molecule has 1 aliphatic heterocycles. The van der Waals surface area contributed by atoms with E-state index in [1.807, 2.05) is 16.8 Å². The van der Waals surface area contributed by atoms with Crippen molar-refractivity contribution in [2.45, 2.75) is 6.54 Å². The quantitative estimate of drug-likeness (QED) is 0.827. The smallest absolute Gasteiger partial charge is 0.236 e. The second kappa shape index (κ2) is 8.89. The molecule has 1 N–H and O–H groups in total. The SMILES string of the molecule is CN(CC(=O)N1CCNCC1)Cc1ccc(F)c(Cl)c1Cl.Cl. The van der Waals surface area contributed by atoms with Gasteiger partial charge in [0.2, 0.25) is 5.91 Å². The number of hydrogen-bond donors (Lipinski definition) is 1. The van der Waals surface area contributed by atoms with Gasteiger partial charge in [-0.05, 0) is 18.7 Å². The summed E-state index contributed by atoms with van der Waals surface area (Å²) in [6.45, 7) is 3.86. The van der Waals surface area contributed by atoms with Gasteiger partial charge in [-0.15, -0.1) is 12.4 Å². The fourth-order valence-electron chi connectivity index (χ4n) is 2.28. The standard InChI is InChI=1S/C14H18Cl2FN3O.ClH/c1-19(9-12(21)20-6-4-18-5-7-20)8-10-2-3-11(17)14(16)13(10)15;/h2-3,18H,4-9H2,1H3;1H. The number of likely N-dealkylation sites (N-methyl/N-ethyl adjacent to an activating group) is 1. The van der Waals surface area contributed by atoms with Gasteiger partial charge >= 0.3 is 0 Å². The summed E-state index contributed by atoms with van der Waals surface area (Å²) in [6.07, 6.45) is 0. The predicted octanol–water partition coefficient (Wildman–Crippen LogP) is 2.42. The molecular weight excluding hydrogens is 352 g/mol. The van der Waals surface area contributed by atoms with Crippen LogP contribution in [0.4, 0.5) is 4.39 Å². The van der Waals surface area contributed by atoms with Gasteiger partial charge in [-0.1, -0.05) is 29.3 Å². The summed E-state index contributed by atoms with van der Waals surface area (Å²) >= 11 is 11.8. The van der Waals surface area contributed by atoms with E-state index >= 15 is 0 Å². The van der Waals surface area contributed by atoms with Gasteiger partial charge < -0.3 is 10.2 Å². The Morgan fingerprint density at radius 2 is 1.95 bits per heavy atom. The summed E-state index contributed by atoms with van der Waals surface area (Å²) in [5.41, 5.74) is 0.707. The number of nitrogens with one attached hydrogen (secondary N) is 1. The maximum absolute atomic E-state index is 13.3. The predicted molar refractivity (Wildman–Crippen MR) is 89.5 cm³/mol. The number of amides is 1. The molecule has 0 bridgehead atoms. The van der Waals surface area contributed by atoms with Gasteiger partial charge in [0.15, 0.2) is 0 Å². The number of nitrogens with zero attached hydrogens (tertiary/aromatic N) is 2. The molecule has 0 atom stereocenters. The average molecular weight is 371 g/mol. The van der Waals surface area contributed by atoms with E-state index in [9.17, 15) is 9.18 Å². The number of hydrogen-bond acceptors (Lipinski definition) is 3. The third-order valence-corrected chi connectivity index (χ3v) is 4.33. The van der Waals surface area contributed by atoms with Crippen LogP contribution in [0, 0.1) is 5.82 Å². The highest BCUT2D eigenvalue weighted by Gasteiger charge is 2.18. The summed E-state index contributed by atoms with van der Waals surface area (Å²) in [7, 11) is 1.83. The van der Waals surface area contributed by atoms with Crippen molar-refractivity contribution in [2.75, 3.05) is 39.8 Å². The topological polar surface area (TPSA) is 35.6 Å². The summed E-state index contributed by atoms with van der Waals surface area (Å²) < 4.78 is 13.3. The zero-order valence-corrected chi connectivity index (χ0v) is 14.6. The molecule has 1 heterocycles. The van der Waals surface area contributed by atoms with Crippen LogP contribution in [0.5, 0.6) is 0 Å². The fraction of sp³-hybridized carbons (Fsp3) is 0.500. The Kier molecular flexibility index (Phi) is 7.86. The van der Waals surface area contributed by atoms with Crippen molar-refractivity contribution in [2.24, 2.45) is 0 Å². The third-order valence-electron chi connectivity index (χ3n) is 3.43. The Morgan fingerprint density at radius 1 is 1.32 bits per heavy atom. The lowest BCUT2D eigenvalue weighted by molar-refractivity contribution is -0.132. The minimum atomic E-state index is -0.537. The lowest BCUT2D eigenvalue weighted by Crippen LogP contribution is -2.49. The van der Waals surface area contributed by atoms with Gasteiger partial charge in [0.25, 0.3) is 0 Å². The lowest BCUT2D eigenvalue weighted by atomic mass is 10.2. The van der Waals surface area contributed by atoms with Crippen LogP contribution >= 0.6 is 35.6 Å². The first kappa shape index (κ1) is 19.5. The van der Waals surface area contributed by atoms with Crippen molar-refractivity contribution in [3.8, 4) is 0 Å². The van der Waals surface area contributed by atoms with Crippen molar-refractivity contribution in [1.29, 1.82) is 0 Å². The van der Waals surface area contributed by atoms with Gasteiger partial charge in [0.1, 0.15) is 5.82 Å². The Bertz CT molecular complexity index is 524. The van der Waals surface area contributed by atoms with Crippen molar-refractivity contribution in [1.82, 2.24) is 15.1 Å². The van der Waals surface area contributed by atoms with Crippen molar-refractivity contribution >= 4 is 41.5 Å². The molecule has 124 valence electrons. The summed E-state index contributed by atoms with van der Waals surface area (Å²) in [4.78, 5) is 15.8. The second-order valence-electron chi connectivity index (χ2n) is 5.14. The van der Waals surface area contributed by atoms with E-state index in [2.05, 4.69) is 5.32 Å². The van der Waals surface area contributed by atoms with E-state index in [0.717, 1.165) is 26.2 Å². The molecule has 22 heavy (non-hydrogen) atoms. The minimum Gasteiger partial charge on any atom is -0.339 e. The maximum atomic E-state index is 13.3. The lowest BCUT2D eigenvalue weighted by Gasteiger charge is -2.29. The van der Waals surface area contributed by atoms with Gasteiger partial charge in [0.05, 0.1) is 16.6 Å². The Hall–Kier alpha value is -0.590. The van der Waals surface area contributed by atoms with Gasteiger partial charge in [-0.25, -0.2) is 4.39 Å². The Balaban J connectivity index is 0.00000242. The van der Waals surface area contributed by atoms with E-state index in [0.29, 0.717) is 18.7 Å². The van der Waals surface area contributed by atoms with Crippen LogP contribution in [0.25, 0.3) is 0 Å². The molecule has 0 aromatic heterocycles. The number of halogens is 4. The first-order chi connectivity index (χ1) is 9.99. The normalized spacial score (nSPS) is 14.9. The number of carbonyl (C=O) groups excluding carboxylic acids is 1. The minimum absolute atomic E-state index is 0. The molecule has 1 aromatic carbocycles. The van der Waals surface area contributed by atoms with E-state index in [1.165, 1.54) is 6.07 Å². The third kappa shape index (κ3) is 4.96. The monoisotopic (exact) mass is 369 g/mol. The first-order valence-electron chi connectivity index (χ1n) is 6.78. The molecule has 1 saturated heterocycles. The Labute approximate surface area is 146 Å². The number of carbonyl (C=O) groups is 1. The van der Waals surface area contributed by atoms with E-state index in [-0.39, 0.29) is 28.4 Å². The van der Waals surface area contributed by atoms with Crippen molar-refractivity contribution in [3.63, 3.8) is 0 Å². The van der Waals surface area contributed by atoms with Gasteiger partial charge in [-0.3, -0.25) is 9.69 Å². The highest BCUT2D eigenvalue weighted by Crippen LogP contribution is 2.29. The molecule has 1 aromatic rings.